The van der Waals surface area contributed by atoms with Crippen LogP contribution in [0.1, 0.15) is 39.0 Å². The number of nitrogens with zero attached hydrogens (tertiary/aromatic N) is 1. The van der Waals surface area contributed by atoms with Crippen LogP contribution >= 0.6 is 0 Å². The zero-order chi connectivity index (χ0) is 26.1. The van der Waals surface area contributed by atoms with Gasteiger partial charge >= 0.3 is 11.9 Å². The van der Waals surface area contributed by atoms with Crippen LogP contribution in [0.25, 0.3) is 0 Å². The van der Waals surface area contributed by atoms with Gasteiger partial charge in [0.1, 0.15) is 19.3 Å². The predicted molar refractivity (Wildman–Crippen MR) is 131 cm³/mol. The number of esters is 2. The SMILES string of the molecule is Cc1cc(C(=O)N[C@H](CC(=O)OCc2ccccc2)C(=O)OCc2ccccc2)cc(C)c1[N+](=O)[O-]. The zero-order valence-corrected chi connectivity index (χ0v) is 19.9. The van der Waals surface area contributed by atoms with Crippen molar-refractivity contribution in [1.82, 2.24) is 5.32 Å². The van der Waals surface area contributed by atoms with E-state index < -0.39 is 35.2 Å². The van der Waals surface area contributed by atoms with Crippen LogP contribution in [0.5, 0.6) is 0 Å². The summed E-state index contributed by atoms with van der Waals surface area (Å²) in [6.45, 7) is 3.02. The Morgan fingerprint density at radius 3 is 1.86 bits per heavy atom. The van der Waals surface area contributed by atoms with Crippen LogP contribution in [0, 0.1) is 24.0 Å². The van der Waals surface area contributed by atoms with E-state index in [1.54, 1.807) is 48.5 Å². The molecule has 36 heavy (non-hydrogen) atoms. The number of nitro groups is 1. The van der Waals surface area contributed by atoms with Crippen molar-refractivity contribution in [3.8, 4) is 0 Å². The first kappa shape index (κ1) is 26.1. The summed E-state index contributed by atoms with van der Waals surface area (Å²) in [5.74, 6) is -2.18. The zero-order valence-electron chi connectivity index (χ0n) is 19.9. The van der Waals surface area contributed by atoms with Crippen LogP contribution in [0.4, 0.5) is 5.69 Å². The summed E-state index contributed by atoms with van der Waals surface area (Å²) in [7, 11) is 0. The fourth-order valence-corrected chi connectivity index (χ4v) is 3.60. The Hall–Kier alpha value is -4.53. The predicted octanol–water partition coefficient (Wildman–Crippen LogP) is 4.19. The molecule has 0 heterocycles. The van der Waals surface area contributed by atoms with Crippen LogP contribution in [0.2, 0.25) is 0 Å². The largest absolute Gasteiger partial charge is 0.461 e. The number of amides is 1. The van der Waals surface area contributed by atoms with E-state index in [4.69, 9.17) is 9.47 Å². The average Bonchev–Trinajstić information content (AvgIpc) is 2.86. The minimum absolute atomic E-state index is 0.0140. The number of carbonyl (C=O) groups is 3. The van der Waals surface area contributed by atoms with E-state index in [1.165, 1.54) is 26.0 Å². The van der Waals surface area contributed by atoms with Gasteiger partial charge in [-0.1, -0.05) is 60.7 Å². The highest BCUT2D eigenvalue weighted by molar-refractivity contribution is 5.98. The van der Waals surface area contributed by atoms with E-state index in [0.29, 0.717) is 11.1 Å². The number of carbonyl (C=O) groups excluding carboxylic acids is 3. The average molecular weight is 491 g/mol. The lowest BCUT2D eigenvalue weighted by Crippen LogP contribution is -2.43. The van der Waals surface area contributed by atoms with Gasteiger partial charge in [-0.15, -0.1) is 0 Å². The van der Waals surface area contributed by atoms with Gasteiger partial charge in [0.2, 0.25) is 0 Å². The van der Waals surface area contributed by atoms with Gasteiger partial charge in [0, 0.05) is 16.7 Å². The van der Waals surface area contributed by atoms with E-state index in [-0.39, 0.29) is 24.5 Å². The third-order valence-electron chi connectivity index (χ3n) is 5.36. The highest BCUT2D eigenvalue weighted by Gasteiger charge is 2.28. The number of aryl methyl sites for hydroxylation is 2. The molecule has 0 bridgehead atoms. The Bertz CT molecular complexity index is 1220. The molecule has 1 N–H and O–H groups in total. The Labute approximate surface area is 208 Å². The fourth-order valence-electron chi connectivity index (χ4n) is 3.60. The second-order valence-corrected chi connectivity index (χ2v) is 8.19. The summed E-state index contributed by atoms with van der Waals surface area (Å²) < 4.78 is 10.6. The topological polar surface area (TPSA) is 125 Å². The lowest BCUT2D eigenvalue weighted by atomic mass is 10.0. The molecule has 9 nitrogen and oxygen atoms in total. The molecule has 0 saturated carbocycles. The number of benzene rings is 3. The van der Waals surface area contributed by atoms with Crippen LogP contribution in [0.3, 0.4) is 0 Å². The molecule has 0 saturated heterocycles. The standard InChI is InChI=1S/C27H26N2O7/c1-18-13-22(14-19(2)25(18)29(33)34)26(31)28-23(27(32)36-17-21-11-7-4-8-12-21)15-24(30)35-16-20-9-5-3-6-10-20/h3-14,23H,15-17H2,1-2H3,(H,28,31)/t23-/m1/s1. The van der Waals surface area contributed by atoms with Crippen LogP contribution in [0.15, 0.2) is 72.8 Å². The van der Waals surface area contributed by atoms with Gasteiger partial charge < -0.3 is 14.8 Å². The molecule has 1 atom stereocenters. The molecule has 0 radical (unpaired) electrons. The van der Waals surface area contributed by atoms with Crippen LogP contribution < -0.4 is 5.32 Å². The summed E-state index contributed by atoms with van der Waals surface area (Å²) in [6.07, 6.45) is -0.447. The van der Waals surface area contributed by atoms with E-state index in [9.17, 15) is 24.5 Å². The summed E-state index contributed by atoms with van der Waals surface area (Å²) in [5.41, 5.74) is 2.15. The van der Waals surface area contributed by atoms with E-state index in [2.05, 4.69) is 5.32 Å². The molecule has 0 fully saturated rings. The quantitative estimate of drug-likeness (QED) is 0.257. The Balaban J connectivity index is 1.73. The molecule has 9 heteroatoms. The number of nitrogens with one attached hydrogen (secondary N) is 1. The van der Waals surface area contributed by atoms with Crippen molar-refractivity contribution < 1.29 is 28.8 Å². The van der Waals surface area contributed by atoms with E-state index in [1.807, 2.05) is 12.1 Å². The normalized spacial score (nSPS) is 11.3. The maximum atomic E-state index is 12.9. The van der Waals surface area contributed by atoms with Gasteiger partial charge in [0.05, 0.1) is 11.3 Å². The third-order valence-corrected chi connectivity index (χ3v) is 5.36. The second-order valence-electron chi connectivity index (χ2n) is 8.19. The van der Waals surface area contributed by atoms with Crippen LogP contribution in [-0.2, 0) is 32.3 Å². The van der Waals surface area contributed by atoms with Crippen molar-refractivity contribution in [2.75, 3.05) is 0 Å². The number of hydrogen-bond donors (Lipinski definition) is 1. The van der Waals surface area contributed by atoms with E-state index >= 15 is 0 Å². The smallest absolute Gasteiger partial charge is 0.329 e. The molecule has 0 unspecified atom stereocenters. The monoisotopic (exact) mass is 490 g/mol. The molecule has 0 spiro atoms. The Kier molecular flexibility index (Phi) is 8.88. The molecule has 3 aromatic rings. The highest BCUT2D eigenvalue weighted by atomic mass is 16.6. The Morgan fingerprint density at radius 2 is 1.36 bits per heavy atom. The van der Waals surface area contributed by atoms with Crippen molar-refractivity contribution in [2.45, 2.75) is 39.5 Å². The van der Waals surface area contributed by atoms with Crippen molar-refractivity contribution in [3.05, 3.63) is 111 Å². The first-order valence-corrected chi connectivity index (χ1v) is 11.2. The molecular formula is C27H26N2O7. The molecule has 0 aliphatic rings. The van der Waals surface area contributed by atoms with Gasteiger partial charge in [0.15, 0.2) is 0 Å². The Morgan fingerprint density at radius 1 is 0.861 bits per heavy atom. The van der Waals surface area contributed by atoms with Gasteiger partial charge in [-0.2, -0.15) is 0 Å². The lowest BCUT2D eigenvalue weighted by Gasteiger charge is -2.18. The minimum Gasteiger partial charge on any atom is -0.461 e. The van der Waals surface area contributed by atoms with E-state index in [0.717, 1.165) is 11.1 Å². The first-order chi connectivity index (χ1) is 17.2. The lowest BCUT2D eigenvalue weighted by molar-refractivity contribution is -0.386. The second kappa shape index (κ2) is 12.3. The third kappa shape index (κ3) is 7.23. The van der Waals surface area contributed by atoms with Crippen molar-refractivity contribution in [1.29, 1.82) is 0 Å². The number of rotatable bonds is 10. The molecule has 186 valence electrons. The number of nitro benzene ring substituents is 1. The molecule has 0 aliphatic heterocycles. The molecule has 0 aliphatic carbocycles. The van der Waals surface area contributed by atoms with Crippen LogP contribution in [-0.4, -0.2) is 28.8 Å². The van der Waals surface area contributed by atoms with Gasteiger partial charge in [-0.05, 0) is 37.1 Å². The molecule has 1 amide bonds. The maximum absolute atomic E-state index is 12.9. The minimum atomic E-state index is -1.32. The van der Waals surface area contributed by atoms with Crippen molar-refractivity contribution in [3.63, 3.8) is 0 Å². The maximum Gasteiger partial charge on any atom is 0.329 e. The summed E-state index contributed by atoms with van der Waals surface area (Å²) in [5, 5.41) is 13.8. The number of hydrogen-bond acceptors (Lipinski definition) is 7. The van der Waals surface area contributed by atoms with Gasteiger partial charge in [-0.25, -0.2) is 4.79 Å². The molecule has 3 aromatic carbocycles. The summed E-state index contributed by atoms with van der Waals surface area (Å²) >= 11 is 0. The summed E-state index contributed by atoms with van der Waals surface area (Å²) in [6, 6.07) is 19.4. The summed E-state index contributed by atoms with van der Waals surface area (Å²) in [4.78, 5) is 49.0. The molecule has 0 aromatic heterocycles. The highest BCUT2D eigenvalue weighted by Crippen LogP contribution is 2.24. The molecular weight excluding hydrogens is 464 g/mol. The molecule has 3 rings (SSSR count). The number of ether oxygens (including phenoxy) is 2. The first-order valence-electron chi connectivity index (χ1n) is 11.2. The van der Waals surface area contributed by atoms with Crippen molar-refractivity contribution in [2.24, 2.45) is 0 Å². The van der Waals surface area contributed by atoms with Gasteiger partial charge in [-0.3, -0.25) is 19.7 Å². The fraction of sp³-hybridized carbons (Fsp3) is 0.222. The van der Waals surface area contributed by atoms with Crippen molar-refractivity contribution >= 4 is 23.5 Å². The van der Waals surface area contributed by atoms with Gasteiger partial charge in [0.25, 0.3) is 11.6 Å².